The SMILES string of the molecule is CNC(=O)C(C)N(Cc1ccccc1F)C(=O)CCSc1ccc(C)cc1. The third kappa shape index (κ3) is 6.10. The molecule has 0 saturated heterocycles. The molecule has 6 heteroatoms. The third-order valence-corrected chi connectivity index (χ3v) is 5.33. The van der Waals surface area contributed by atoms with Crippen molar-refractivity contribution >= 4 is 23.6 Å². The maximum atomic E-state index is 14.0. The lowest BCUT2D eigenvalue weighted by molar-refractivity contribution is -0.140. The second kappa shape index (κ2) is 10.1. The van der Waals surface area contributed by atoms with E-state index in [9.17, 15) is 14.0 Å². The highest BCUT2D eigenvalue weighted by Crippen LogP contribution is 2.20. The Morgan fingerprint density at radius 3 is 2.44 bits per heavy atom. The van der Waals surface area contributed by atoms with Crippen LogP contribution in [0.25, 0.3) is 0 Å². The molecule has 1 N–H and O–H groups in total. The zero-order valence-electron chi connectivity index (χ0n) is 15.9. The Bertz CT molecular complexity index is 780. The molecule has 0 aromatic heterocycles. The minimum atomic E-state index is -0.675. The van der Waals surface area contributed by atoms with Crippen LogP contribution in [0.15, 0.2) is 53.4 Å². The number of likely N-dealkylation sites (N-methyl/N-ethyl adjacent to an activating group) is 1. The predicted molar refractivity (Wildman–Crippen MR) is 107 cm³/mol. The molecule has 27 heavy (non-hydrogen) atoms. The number of thioether (sulfide) groups is 1. The predicted octanol–water partition coefficient (Wildman–Crippen LogP) is 3.78. The van der Waals surface area contributed by atoms with Crippen LogP contribution in [0.2, 0.25) is 0 Å². The van der Waals surface area contributed by atoms with Gasteiger partial charge in [0.1, 0.15) is 11.9 Å². The first-order valence-corrected chi connectivity index (χ1v) is 9.85. The van der Waals surface area contributed by atoms with Crippen molar-refractivity contribution in [2.24, 2.45) is 0 Å². The van der Waals surface area contributed by atoms with E-state index in [0.717, 1.165) is 4.90 Å². The monoisotopic (exact) mass is 388 g/mol. The summed E-state index contributed by atoms with van der Waals surface area (Å²) in [4.78, 5) is 27.4. The fourth-order valence-electron chi connectivity index (χ4n) is 2.64. The Morgan fingerprint density at radius 2 is 1.81 bits per heavy atom. The van der Waals surface area contributed by atoms with E-state index in [1.807, 2.05) is 31.2 Å². The van der Waals surface area contributed by atoms with Gasteiger partial charge in [0, 0.05) is 36.2 Å². The van der Waals surface area contributed by atoms with E-state index in [4.69, 9.17) is 0 Å². The van der Waals surface area contributed by atoms with Crippen molar-refractivity contribution in [1.82, 2.24) is 10.2 Å². The molecule has 0 aliphatic rings. The van der Waals surface area contributed by atoms with Crippen molar-refractivity contribution in [1.29, 1.82) is 0 Å². The van der Waals surface area contributed by atoms with Crippen LogP contribution in [0, 0.1) is 12.7 Å². The molecular formula is C21H25FN2O2S. The molecule has 2 rings (SSSR count). The minimum Gasteiger partial charge on any atom is -0.357 e. The van der Waals surface area contributed by atoms with Crippen molar-refractivity contribution < 1.29 is 14.0 Å². The highest BCUT2D eigenvalue weighted by atomic mass is 32.2. The van der Waals surface area contributed by atoms with Gasteiger partial charge in [0.05, 0.1) is 0 Å². The molecule has 0 bridgehead atoms. The molecule has 1 atom stereocenters. The van der Waals surface area contributed by atoms with Crippen molar-refractivity contribution in [3.8, 4) is 0 Å². The summed E-state index contributed by atoms with van der Waals surface area (Å²) in [6, 6.07) is 13.7. The molecule has 144 valence electrons. The molecule has 2 aromatic carbocycles. The average molecular weight is 389 g/mol. The number of carbonyl (C=O) groups is 2. The number of hydrogen-bond donors (Lipinski definition) is 1. The fraction of sp³-hybridized carbons (Fsp3) is 0.333. The second-order valence-electron chi connectivity index (χ2n) is 6.31. The lowest BCUT2D eigenvalue weighted by atomic mass is 10.1. The number of rotatable bonds is 8. The quantitative estimate of drug-likeness (QED) is 0.700. The average Bonchev–Trinajstić information content (AvgIpc) is 2.67. The number of benzene rings is 2. The Balaban J connectivity index is 2.04. The first kappa shape index (κ1) is 21.0. The number of hydrogen-bond acceptors (Lipinski definition) is 3. The van der Waals surface area contributed by atoms with Gasteiger partial charge in [0.25, 0.3) is 0 Å². The zero-order chi connectivity index (χ0) is 19.8. The molecule has 2 amide bonds. The summed E-state index contributed by atoms with van der Waals surface area (Å²) in [7, 11) is 1.53. The van der Waals surface area contributed by atoms with Crippen LogP contribution in [-0.4, -0.2) is 35.6 Å². The van der Waals surface area contributed by atoms with Crippen molar-refractivity contribution in [2.75, 3.05) is 12.8 Å². The van der Waals surface area contributed by atoms with Gasteiger partial charge in [-0.2, -0.15) is 0 Å². The summed E-state index contributed by atoms with van der Waals surface area (Å²) < 4.78 is 14.0. The molecule has 0 spiro atoms. The molecule has 0 saturated carbocycles. The van der Waals surface area contributed by atoms with E-state index in [0.29, 0.717) is 11.3 Å². The number of aryl methyl sites for hydroxylation is 1. The van der Waals surface area contributed by atoms with Gasteiger partial charge in [-0.3, -0.25) is 9.59 Å². The summed E-state index contributed by atoms with van der Waals surface area (Å²) in [5.74, 6) is -0.232. The second-order valence-corrected chi connectivity index (χ2v) is 7.48. The smallest absolute Gasteiger partial charge is 0.242 e. The highest BCUT2D eigenvalue weighted by molar-refractivity contribution is 7.99. The topological polar surface area (TPSA) is 49.4 Å². The summed E-state index contributed by atoms with van der Waals surface area (Å²) in [6.45, 7) is 3.75. The lowest BCUT2D eigenvalue weighted by Gasteiger charge is -2.28. The standard InChI is InChI=1S/C21H25FN2O2S/c1-15-8-10-18(11-9-15)27-13-12-20(25)24(16(2)21(26)23-3)14-17-6-4-5-7-19(17)22/h4-11,16H,12-14H2,1-3H3,(H,23,26). The number of nitrogens with zero attached hydrogens (tertiary/aromatic N) is 1. The Kier molecular flexibility index (Phi) is 7.85. The molecule has 0 aliphatic heterocycles. The van der Waals surface area contributed by atoms with E-state index in [2.05, 4.69) is 5.32 Å². The van der Waals surface area contributed by atoms with Crippen LogP contribution in [0.3, 0.4) is 0 Å². The van der Waals surface area contributed by atoms with E-state index in [1.165, 1.54) is 23.6 Å². The summed E-state index contributed by atoms with van der Waals surface area (Å²) in [5.41, 5.74) is 1.58. The Hall–Kier alpha value is -2.34. The van der Waals surface area contributed by atoms with Gasteiger partial charge < -0.3 is 10.2 Å². The Morgan fingerprint density at radius 1 is 1.15 bits per heavy atom. The molecular weight excluding hydrogens is 363 g/mol. The van der Waals surface area contributed by atoms with Crippen LogP contribution in [0.1, 0.15) is 24.5 Å². The van der Waals surface area contributed by atoms with Gasteiger partial charge in [-0.25, -0.2) is 4.39 Å². The summed E-state index contributed by atoms with van der Waals surface area (Å²) >= 11 is 1.59. The fourth-order valence-corrected chi connectivity index (χ4v) is 3.48. The van der Waals surface area contributed by atoms with Gasteiger partial charge in [-0.1, -0.05) is 35.9 Å². The number of nitrogens with one attached hydrogen (secondary N) is 1. The Labute approximate surface area is 164 Å². The summed E-state index contributed by atoms with van der Waals surface area (Å²) in [5, 5.41) is 2.56. The van der Waals surface area contributed by atoms with Crippen LogP contribution < -0.4 is 5.32 Å². The molecule has 4 nitrogen and oxygen atoms in total. The van der Waals surface area contributed by atoms with Crippen molar-refractivity contribution in [3.63, 3.8) is 0 Å². The van der Waals surface area contributed by atoms with Crippen molar-refractivity contribution in [2.45, 2.75) is 37.8 Å². The van der Waals surface area contributed by atoms with Crippen molar-refractivity contribution in [3.05, 3.63) is 65.5 Å². The normalized spacial score (nSPS) is 11.7. The third-order valence-electron chi connectivity index (χ3n) is 4.32. The highest BCUT2D eigenvalue weighted by Gasteiger charge is 2.25. The van der Waals surface area contributed by atoms with Crippen LogP contribution in [0.5, 0.6) is 0 Å². The van der Waals surface area contributed by atoms with Gasteiger partial charge in [-0.15, -0.1) is 11.8 Å². The van der Waals surface area contributed by atoms with Gasteiger partial charge in [-0.05, 0) is 32.0 Å². The molecule has 0 fully saturated rings. The van der Waals surface area contributed by atoms with E-state index < -0.39 is 6.04 Å². The van der Waals surface area contributed by atoms with Gasteiger partial charge in [0.15, 0.2) is 0 Å². The minimum absolute atomic E-state index is 0.0648. The first-order valence-electron chi connectivity index (χ1n) is 8.86. The lowest BCUT2D eigenvalue weighted by Crippen LogP contribution is -2.46. The number of amides is 2. The maximum Gasteiger partial charge on any atom is 0.242 e. The van der Waals surface area contributed by atoms with E-state index >= 15 is 0 Å². The van der Waals surface area contributed by atoms with Crippen LogP contribution in [0.4, 0.5) is 4.39 Å². The first-order chi connectivity index (χ1) is 12.9. The van der Waals surface area contributed by atoms with Gasteiger partial charge in [0.2, 0.25) is 11.8 Å². The molecule has 1 unspecified atom stereocenters. The van der Waals surface area contributed by atoms with Crippen LogP contribution >= 0.6 is 11.8 Å². The van der Waals surface area contributed by atoms with E-state index in [-0.39, 0.29) is 30.6 Å². The molecule has 0 heterocycles. The maximum absolute atomic E-state index is 14.0. The molecule has 0 radical (unpaired) electrons. The van der Waals surface area contributed by atoms with Gasteiger partial charge >= 0.3 is 0 Å². The largest absolute Gasteiger partial charge is 0.357 e. The van der Waals surface area contributed by atoms with Crippen LogP contribution in [-0.2, 0) is 16.1 Å². The molecule has 2 aromatic rings. The number of halogens is 1. The van der Waals surface area contributed by atoms with E-state index in [1.54, 1.807) is 36.9 Å². The molecule has 0 aliphatic carbocycles. The zero-order valence-corrected chi connectivity index (χ0v) is 16.7. The summed E-state index contributed by atoms with van der Waals surface area (Å²) in [6.07, 6.45) is 0.272. The number of carbonyl (C=O) groups excluding carboxylic acids is 2.